The molecule has 0 unspecified atom stereocenters. The molecule has 1 N–H and O–H groups in total. The highest BCUT2D eigenvalue weighted by Crippen LogP contribution is 2.36. The Hall–Kier alpha value is -3.73. The van der Waals surface area contributed by atoms with E-state index in [4.69, 9.17) is 4.74 Å². The first-order valence-electron chi connectivity index (χ1n) is 14.9. The van der Waals surface area contributed by atoms with Crippen LogP contribution in [0.15, 0.2) is 48.5 Å². The van der Waals surface area contributed by atoms with Crippen molar-refractivity contribution in [2.75, 3.05) is 37.6 Å². The molecule has 0 bridgehead atoms. The number of hydrogen-bond acceptors (Lipinski definition) is 5. The summed E-state index contributed by atoms with van der Waals surface area (Å²) in [7, 11) is 0. The van der Waals surface area contributed by atoms with E-state index in [1.807, 2.05) is 28.9 Å². The monoisotopic (exact) mass is 617 g/mol. The minimum absolute atomic E-state index is 0.0265. The number of likely N-dealkylation sites (tertiary alicyclic amines) is 1. The molecule has 1 aromatic heterocycles. The summed E-state index contributed by atoms with van der Waals surface area (Å²) in [5.74, 6) is -2.08. The van der Waals surface area contributed by atoms with E-state index in [-0.39, 0.29) is 30.4 Å². The van der Waals surface area contributed by atoms with E-state index in [0.29, 0.717) is 50.5 Å². The van der Waals surface area contributed by atoms with Crippen molar-refractivity contribution >= 4 is 11.8 Å². The van der Waals surface area contributed by atoms with Crippen LogP contribution in [0, 0.1) is 24.5 Å². The molecule has 3 aromatic rings. The van der Waals surface area contributed by atoms with Gasteiger partial charge in [-0.3, -0.25) is 4.79 Å². The standard InChI is InChI=1S/C33H36F5N3O3/c1-21-17-24(22-7-12-40(13-8-22)16-11-33(36,37)38)5-6-25(21)20-44-31-27(18-26(34)19-28(31)35)29-3-2-4-30(39-29)41-14-9-23(10-15-41)32(42)43/h2-6,17-19,22-23H,7-16,20H2,1H3,(H,42,43). The molecule has 2 aliphatic rings. The Morgan fingerprint density at radius 3 is 2.39 bits per heavy atom. The third kappa shape index (κ3) is 7.85. The molecular weight excluding hydrogens is 581 g/mol. The van der Waals surface area contributed by atoms with Crippen LogP contribution >= 0.6 is 0 Å². The molecule has 44 heavy (non-hydrogen) atoms. The Morgan fingerprint density at radius 1 is 1.00 bits per heavy atom. The molecule has 236 valence electrons. The molecule has 0 amide bonds. The first kappa shape index (κ1) is 31.7. The highest BCUT2D eigenvalue weighted by Gasteiger charge is 2.30. The molecule has 0 radical (unpaired) electrons. The van der Waals surface area contributed by atoms with Gasteiger partial charge in [0.15, 0.2) is 11.6 Å². The van der Waals surface area contributed by atoms with Crippen molar-refractivity contribution in [3.8, 4) is 17.0 Å². The fourth-order valence-electron chi connectivity index (χ4n) is 6.06. The minimum atomic E-state index is -4.15. The number of nitrogens with zero attached hydrogens (tertiary/aromatic N) is 3. The molecule has 0 aliphatic carbocycles. The van der Waals surface area contributed by atoms with Crippen molar-refractivity contribution in [3.05, 3.63) is 76.9 Å². The van der Waals surface area contributed by atoms with Crippen molar-refractivity contribution in [1.82, 2.24) is 9.88 Å². The average Bonchev–Trinajstić information content (AvgIpc) is 3.00. The molecule has 11 heteroatoms. The van der Waals surface area contributed by atoms with Crippen molar-refractivity contribution in [3.63, 3.8) is 0 Å². The summed E-state index contributed by atoms with van der Waals surface area (Å²) in [6, 6.07) is 13.1. The number of alkyl halides is 3. The van der Waals surface area contributed by atoms with Gasteiger partial charge in [-0.15, -0.1) is 0 Å². The fraction of sp³-hybridized carbons (Fsp3) is 0.455. The summed E-state index contributed by atoms with van der Waals surface area (Å²) in [6.07, 6.45) is -2.40. The van der Waals surface area contributed by atoms with Gasteiger partial charge in [-0.25, -0.2) is 13.8 Å². The summed E-state index contributed by atoms with van der Waals surface area (Å²) in [5.41, 5.74) is 3.40. The molecule has 0 spiro atoms. The summed E-state index contributed by atoms with van der Waals surface area (Å²) < 4.78 is 73.2. The number of halogens is 5. The zero-order chi connectivity index (χ0) is 31.4. The normalized spacial score (nSPS) is 17.2. The van der Waals surface area contributed by atoms with E-state index in [0.717, 1.165) is 35.6 Å². The number of aromatic nitrogens is 1. The van der Waals surface area contributed by atoms with Crippen LogP contribution in [-0.2, 0) is 11.4 Å². The molecular formula is C33H36F5N3O3. The quantitative estimate of drug-likeness (QED) is 0.254. The number of carboxylic acid groups (broad SMARTS) is 1. The smallest absolute Gasteiger partial charge is 0.390 e. The number of pyridine rings is 1. The highest BCUT2D eigenvalue weighted by atomic mass is 19.4. The van der Waals surface area contributed by atoms with Gasteiger partial charge in [-0.2, -0.15) is 13.2 Å². The second-order valence-corrected chi connectivity index (χ2v) is 11.7. The molecule has 6 nitrogen and oxygen atoms in total. The van der Waals surface area contributed by atoms with Gasteiger partial charge >= 0.3 is 12.1 Å². The van der Waals surface area contributed by atoms with Gasteiger partial charge in [0.2, 0.25) is 0 Å². The summed E-state index contributed by atoms with van der Waals surface area (Å²) in [6.45, 7) is 4.27. The highest BCUT2D eigenvalue weighted by molar-refractivity contribution is 5.71. The number of benzene rings is 2. The first-order chi connectivity index (χ1) is 21.0. The van der Waals surface area contributed by atoms with Gasteiger partial charge in [-0.05, 0) is 86.5 Å². The number of anilines is 1. The van der Waals surface area contributed by atoms with Crippen molar-refractivity contribution in [2.24, 2.45) is 5.92 Å². The Morgan fingerprint density at radius 2 is 1.73 bits per heavy atom. The SMILES string of the molecule is Cc1cc(C2CCN(CCC(F)(F)F)CC2)ccc1COc1c(F)cc(F)cc1-c1cccc(N2CCC(C(=O)O)CC2)n1. The maximum atomic E-state index is 15.1. The fourth-order valence-corrected chi connectivity index (χ4v) is 6.06. The van der Waals surface area contributed by atoms with E-state index < -0.39 is 36.1 Å². The first-order valence-corrected chi connectivity index (χ1v) is 14.9. The Bertz CT molecular complexity index is 1470. The lowest BCUT2D eigenvalue weighted by atomic mass is 9.88. The zero-order valence-electron chi connectivity index (χ0n) is 24.5. The van der Waals surface area contributed by atoms with Gasteiger partial charge < -0.3 is 19.6 Å². The number of carbonyl (C=O) groups is 1. The van der Waals surface area contributed by atoms with E-state index in [2.05, 4.69) is 11.1 Å². The molecule has 2 aromatic carbocycles. The van der Waals surface area contributed by atoms with Gasteiger partial charge in [0.1, 0.15) is 18.2 Å². The minimum Gasteiger partial charge on any atom is -0.485 e. The number of carboxylic acids is 1. The lowest BCUT2D eigenvalue weighted by Crippen LogP contribution is -2.36. The third-order valence-electron chi connectivity index (χ3n) is 8.70. The van der Waals surface area contributed by atoms with Crippen molar-refractivity contribution < 1.29 is 36.6 Å². The van der Waals surface area contributed by atoms with Crippen LogP contribution in [-0.4, -0.2) is 59.9 Å². The second-order valence-electron chi connectivity index (χ2n) is 11.7. The lowest BCUT2D eigenvalue weighted by Gasteiger charge is -2.32. The van der Waals surface area contributed by atoms with Crippen LogP contribution in [0.2, 0.25) is 0 Å². The largest absolute Gasteiger partial charge is 0.485 e. The predicted octanol–water partition coefficient (Wildman–Crippen LogP) is 7.35. The summed E-state index contributed by atoms with van der Waals surface area (Å²) >= 11 is 0. The second kappa shape index (κ2) is 13.5. The van der Waals surface area contributed by atoms with Crippen LogP contribution in [0.5, 0.6) is 5.75 Å². The van der Waals surface area contributed by atoms with Crippen LogP contribution in [0.3, 0.4) is 0 Å². The van der Waals surface area contributed by atoms with Gasteiger partial charge in [-0.1, -0.05) is 24.3 Å². The molecule has 3 heterocycles. The van der Waals surface area contributed by atoms with Crippen LogP contribution in [0.25, 0.3) is 11.3 Å². The summed E-state index contributed by atoms with van der Waals surface area (Å²) in [4.78, 5) is 19.8. The maximum Gasteiger partial charge on any atom is 0.390 e. The predicted molar refractivity (Wildman–Crippen MR) is 157 cm³/mol. The summed E-state index contributed by atoms with van der Waals surface area (Å²) in [5, 5.41) is 9.29. The average molecular weight is 618 g/mol. The van der Waals surface area contributed by atoms with Crippen molar-refractivity contribution in [1.29, 1.82) is 0 Å². The third-order valence-corrected chi connectivity index (χ3v) is 8.70. The van der Waals surface area contributed by atoms with Gasteiger partial charge in [0.25, 0.3) is 0 Å². The number of hydrogen-bond donors (Lipinski definition) is 1. The topological polar surface area (TPSA) is 65.9 Å². The molecule has 5 rings (SSSR count). The molecule has 0 atom stereocenters. The number of rotatable bonds is 9. The Balaban J connectivity index is 1.26. The maximum absolute atomic E-state index is 15.1. The van der Waals surface area contributed by atoms with E-state index in [1.165, 1.54) is 6.07 Å². The Labute approximate surface area is 253 Å². The van der Waals surface area contributed by atoms with Crippen molar-refractivity contribution in [2.45, 2.75) is 57.7 Å². The van der Waals surface area contributed by atoms with E-state index in [1.54, 1.807) is 18.2 Å². The number of ether oxygens (including phenoxy) is 1. The zero-order valence-corrected chi connectivity index (χ0v) is 24.5. The van der Waals surface area contributed by atoms with Gasteiger partial charge in [0.05, 0.1) is 18.0 Å². The molecule has 2 aliphatic heterocycles. The number of aryl methyl sites for hydroxylation is 1. The van der Waals surface area contributed by atoms with Crippen LogP contribution in [0.1, 0.15) is 54.7 Å². The van der Waals surface area contributed by atoms with E-state index in [9.17, 15) is 27.5 Å². The molecule has 2 saturated heterocycles. The number of aliphatic carboxylic acids is 1. The van der Waals surface area contributed by atoms with E-state index >= 15 is 4.39 Å². The number of piperidine rings is 2. The van der Waals surface area contributed by atoms with Gasteiger partial charge in [0, 0.05) is 31.3 Å². The van der Waals surface area contributed by atoms with Crippen LogP contribution in [0.4, 0.5) is 27.8 Å². The Kier molecular flexibility index (Phi) is 9.72. The molecule has 0 saturated carbocycles. The van der Waals surface area contributed by atoms with Crippen LogP contribution < -0.4 is 9.64 Å². The molecule has 2 fully saturated rings. The lowest BCUT2D eigenvalue weighted by molar-refractivity contribution is -0.142.